The van der Waals surface area contributed by atoms with E-state index in [4.69, 9.17) is 4.74 Å². The number of nitrogens with one attached hydrogen (secondary N) is 1. The van der Waals surface area contributed by atoms with Crippen molar-refractivity contribution in [1.82, 2.24) is 10.3 Å². The minimum absolute atomic E-state index is 0.330. The molecule has 0 aliphatic heterocycles. The molecule has 1 aromatic heterocycles. The first kappa shape index (κ1) is 15.4. The highest BCUT2D eigenvalue weighted by Gasteiger charge is 2.25. The smallest absolute Gasteiger partial charge is 0.408 e. The molecule has 0 radical (unpaired) electrons. The van der Waals surface area contributed by atoms with Gasteiger partial charge in [-0.2, -0.15) is 0 Å². The van der Waals surface area contributed by atoms with Gasteiger partial charge in [0.25, 0.3) is 0 Å². The number of aromatic nitrogens is 1. The lowest BCUT2D eigenvalue weighted by Crippen LogP contribution is -2.45. The van der Waals surface area contributed by atoms with E-state index >= 15 is 0 Å². The molecule has 6 nitrogen and oxygen atoms in total. The zero-order valence-electron chi connectivity index (χ0n) is 11.4. The number of nitrogens with zero attached hydrogens (tertiary/aromatic N) is 1. The summed E-state index contributed by atoms with van der Waals surface area (Å²) >= 11 is 1.41. The number of methoxy groups -OCH3 is 1. The molecular weight excluding hydrogens is 268 g/mol. The third-order valence-corrected chi connectivity index (χ3v) is 2.87. The Kier molecular flexibility index (Phi) is 5.29. The molecule has 1 N–H and O–H groups in total. The van der Waals surface area contributed by atoms with Crippen molar-refractivity contribution in [1.29, 1.82) is 0 Å². The van der Waals surface area contributed by atoms with Gasteiger partial charge in [0, 0.05) is 17.5 Å². The van der Waals surface area contributed by atoms with Crippen LogP contribution in [0.5, 0.6) is 0 Å². The summed E-state index contributed by atoms with van der Waals surface area (Å²) < 4.78 is 9.78. The van der Waals surface area contributed by atoms with Gasteiger partial charge in [-0.1, -0.05) is 0 Å². The summed E-state index contributed by atoms with van der Waals surface area (Å²) in [6.07, 6.45) is 1.33. The van der Waals surface area contributed by atoms with Crippen LogP contribution in [0.1, 0.15) is 25.6 Å². The van der Waals surface area contributed by atoms with Crippen LogP contribution in [0.4, 0.5) is 4.79 Å². The quantitative estimate of drug-likeness (QED) is 0.853. The van der Waals surface area contributed by atoms with Gasteiger partial charge in [0.05, 0.1) is 12.6 Å². The molecule has 0 saturated carbocycles. The Bertz CT molecular complexity index is 425. The SMILES string of the molecule is COC(=O)C(Cc1cncs1)NC(=O)OC(C)(C)C. The van der Waals surface area contributed by atoms with E-state index in [0.717, 1.165) is 4.88 Å². The predicted octanol–water partition coefficient (Wildman–Crippen LogP) is 1.75. The van der Waals surface area contributed by atoms with Crippen molar-refractivity contribution in [3.63, 3.8) is 0 Å². The van der Waals surface area contributed by atoms with E-state index in [1.807, 2.05) is 0 Å². The first-order chi connectivity index (χ1) is 8.81. The topological polar surface area (TPSA) is 77.5 Å². The second-order valence-corrected chi connectivity index (χ2v) is 5.86. The standard InChI is InChI=1S/C12H18N2O4S/c1-12(2,3)18-11(16)14-9(10(15)17-4)5-8-6-13-7-19-8/h6-7,9H,5H2,1-4H3,(H,14,16). The van der Waals surface area contributed by atoms with E-state index in [1.54, 1.807) is 32.5 Å². The third kappa shape index (κ3) is 5.69. The van der Waals surface area contributed by atoms with Crippen molar-refractivity contribution >= 4 is 23.4 Å². The van der Waals surface area contributed by atoms with Crippen molar-refractivity contribution in [3.8, 4) is 0 Å². The molecule has 1 rings (SSSR count). The normalized spacial score (nSPS) is 12.6. The summed E-state index contributed by atoms with van der Waals surface area (Å²) in [4.78, 5) is 28.1. The van der Waals surface area contributed by atoms with Crippen LogP contribution in [0.3, 0.4) is 0 Å². The molecule has 1 aromatic rings. The van der Waals surface area contributed by atoms with Gasteiger partial charge >= 0.3 is 12.1 Å². The van der Waals surface area contributed by atoms with E-state index < -0.39 is 23.7 Å². The Balaban J connectivity index is 2.65. The molecule has 0 aliphatic carbocycles. The van der Waals surface area contributed by atoms with Gasteiger partial charge in [-0.3, -0.25) is 4.98 Å². The molecule has 1 amide bonds. The average molecular weight is 286 g/mol. The molecule has 1 unspecified atom stereocenters. The maximum atomic E-state index is 11.7. The molecular formula is C12H18N2O4S. The van der Waals surface area contributed by atoms with E-state index in [9.17, 15) is 9.59 Å². The lowest BCUT2D eigenvalue weighted by Gasteiger charge is -2.22. The van der Waals surface area contributed by atoms with Gasteiger partial charge in [-0.05, 0) is 20.8 Å². The summed E-state index contributed by atoms with van der Waals surface area (Å²) in [5, 5.41) is 2.51. The number of thiazole rings is 1. The summed E-state index contributed by atoms with van der Waals surface area (Å²) in [5.41, 5.74) is 1.05. The van der Waals surface area contributed by atoms with E-state index in [0.29, 0.717) is 6.42 Å². The van der Waals surface area contributed by atoms with E-state index in [-0.39, 0.29) is 0 Å². The fraction of sp³-hybridized carbons (Fsp3) is 0.583. The number of hydrogen-bond acceptors (Lipinski definition) is 6. The van der Waals surface area contributed by atoms with Gasteiger partial charge < -0.3 is 14.8 Å². The fourth-order valence-electron chi connectivity index (χ4n) is 1.33. The summed E-state index contributed by atoms with van der Waals surface area (Å²) in [5.74, 6) is -0.515. The number of amides is 1. The molecule has 7 heteroatoms. The van der Waals surface area contributed by atoms with Crippen LogP contribution in [0.2, 0.25) is 0 Å². The first-order valence-electron chi connectivity index (χ1n) is 5.76. The Morgan fingerprint density at radius 2 is 2.16 bits per heavy atom. The number of carbonyl (C=O) groups excluding carboxylic acids is 2. The van der Waals surface area contributed by atoms with Crippen molar-refractivity contribution in [3.05, 3.63) is 16.6 Å². The van der Waals surface area contributed by atoms with Crippen molar-refractivity contribution in [2.24, 2.45) is 0 Å². The predicted molar refractivity (Wildman–Crippen MR) is 71.0 cm³/mol. The fourth-order valence-corrected chi connectivity index (χ4v) is 1.97. The van der Waals surface area contributed by atoms with Gasteiger partial charge in [-0.15, -0.1) is 11.3 Å². The lowest BCUT2D eigenvalue weighted by atomic mass is 10.2. The highest BCUT2D eigenvalue weighted by molar-refractivity contribution is 7.09. The number of alkyl carbamates (subject to hydrolysis) is 1. The largest absolute Gasteiger partial charge is 0.467 e. The Labute approximate surface area is 116 Å². The number of hydrogen-bond donors (Lipinski definition) is 1. The zero-order valence-corrected chi connectivity index (χ0v) is 12.2. The molecule has 19 heavy (non-hydrogen) atoms. The van der Waals surface area contributed by atoms with Crippen LogP contribution in [0.25, 0.3) is 0 Å². The van der Waals surface area contributed by atoms with E-state index in [2.05, 4.69) is 15.0 Å². The Morgan fingerprint density at radius 3 is 2.63 bits per heavy atom. The number of esters is 1. The first-order valence-corrected chi connectivity index (χ1v) is 6.64. The van der Waals surface area contributed by atoms with Crippen molar-refractivity contribution in [2.75, 3.05) is 7.11 Å². The van der Waals surface area contributed by atoms with Crippen molar-refractivity contribution in [2.45, 2.75) is 38.8 Å². The maximum Gasteiger partial charge on any atom is 0.408 e. The molecule has 0 fully saturated rings. The average Bonchev–Trinajstić information content (AvgIpc) is 2.77. The second-order valence-electron chi connectivity index (χ2n) is 4.89. The molecule has 0 saturated heterocycles. The van der Waals surface area contributed by atoms with Gasteiger partial charge in [0.2, 0.25) is 0 Å². The van der Waals surface area contributed by atoms with Crippen molar-refractivity contribution < 1.29 is 19.1 Å². The van der Waals surface area contributed by atoms with E-state index in [1.165, 1.54) is 18.4 Å². The number of carbonyl (C=O) groups is 2. The van der Waals surface area contributed by atoms with Crippen LogP contribution in [0.15, 0.2) is 11.7 Å². The highest BCUT2D eigenvalue weighted by atomic mass is 32.1. The lowest BCUT2D eigenvalue weighted by molar-refractivity contribution is -0.143. The third-order valence-electron chi connectivity index (χ3n) is 2.07. The monoisotopic (exact) mass is 286 g/mol. The summed E-state index contributed by atoms with van der Waals surface area (Å²) in [7, 11) is 1.28. The molecule has 0 bridgehead atoms. The van der Waals surface area contributed by atoms with Gasteiger partial charge in [0.1, 0.15) is 11.6 Å². The maximum absolute atomic E-state index is 11.7. The molecule has 0 spiro atoms. The summed E-state index contributed by atoms with van der Waals surface area (Å²) in [6, 6.07) is -0.778. The second kappa shape index (κ2) is 6.51. The van der Waals surface area contributed by atoms with Crippen LogP contribution >= 0.6 is 11.3 Å². The highest BCUT2D eigenvalue weighted by Crippen LogP contribution is 2.11. The van der Waals surface area contributed by atoms with Crippen LogP contribution in [0, 0.1) is 0 Å². The molecule has 0 aliphatic rings. The number of ether oxygens (including phenoxy) is 2. The molecule has 1 atom stereocenters. The molecule has 1 heterocycles. The molecule has 106 valence electrons. The zero-order chi connectivity index (χ0) is 14.5. The Hall–Kier alpha value is -1.63. The van der Waals surface area contributed by atoms with Gasteiger partial charge in [0.15, 0.2) is 0 Å². The van der Waals surface area contributed by atoms with Crippen LogP contribution in [-0.4, -0.2) is 35.8 Å². The molecule has 0 aromatic carbocycles. The summed E-state index contributed by atoms with van der Waals surface area (Å²) in [6.45, 7) is 5.26. The van der Waals surface area contributed by atoms with Gasteiger partial charge in [-0.25, -0.2) is 9.59 Å². The number of rotatable bonds is 4. The Morgan fingerprint density at radius 1 is 1.47 bits per heavy atom. The van der Waals surface area contributed by atoms with Crippen LogP contribution < -0.4 is 5.32 Å². The minimum atomic E-state index is -0.778. The minimum Gasteiger partial charge on any atom is -0.467 e. The van der Waals surface area contributed by atoms with Crippen LogP contribution in [-0.2, 0) is 20.7 Å².